The molecule has 0 aliphatic heterocycles. The lowest BCUT2D eigenvalue weighted by Crippen LogP contribution is -2.42. The molecule has 0 saturated heterocycles. The number of amides is 1. The first-order chi connectivity index (χ1) is 13.6. The van der Waals surface area contributed by atoms with Crippen LogP contribution in [-0.4, -0.2) is 25.5 Å². The van der Waals surface area contributed by atoms with Crippen LogP contribution in [-0.2, 0) is 6.54 Å². The van der Waals surface area contributed by atoms with Gasteiger partial charge in [-0.05, 0) is 37.6 Å². The highest BCUT2D eigenvalue weighted by Gasteiger charge is 2.18. The Hall–Kier alpha value is -3.74. The van der Waals surface area contributed by atoms with Gasteiger partial charge < -0.3 is 0 Å². The first-order valence-corrected chi connectivity index (χ1v) is 8.99. The minimum atomic E-state index is -0.387. The fourth-order valence-electron chi connectivity index (χ4n) is 3.00. The van der Waals surface area contributed by atoms with Gasteiger partial charge in [-0.3, -0.25) is 15.2 Å². The topological polar surface area (TPSA) is 75.4 Å². The second-order valence-corrected chi connectivity index (χ2v) is 6.53. The molecule has 0 atom stereocenters. The Kier molecular flexibility index (Phi) is 4.72. The van der Waals surface area contributed by atoms with Crippen molar-refractivity contribution in [3.8, 4) is 0 Å². The van der Waals surface area contributed by atoms with Crippen molar-refractivity contribution in [3.05, 3.63) is 89.5 Å². The van der Waals surface area contributed by atoms with E-state index in [9.17, 15) is 4.79 Å². The van der Waals surface area contributed by atoms with Crippen LogP contribution in [0.3, 0.4) is 0 Å². The van der Waals surface area contributed by atoms with Crippen LogP contribution in [0.15, 0.2) is 66.7 Å². The summed E-state index contributed by atoms with van der Waals surface area (Å²) in [5, 5.41) is 6.10. The monoisotopic (exact) mass is 372 g/mol. The Balaban J connectivity index is 1.63. The number of anilines is 1. The second kappa shape index (κ2) is 7.48. The molecular weight excluding hydrogens is 352 g/mol. The van der Waals surface area contributed by atoms with E-state index in [0.717, 1.165) is 22.6 Å². The molecule has 28 heavy (non-hydrogen) atoms. The third-order valence-electron chi connectivity index (χ3n) is 4.31. The van der Waals surface area contributed by atoms with Crippen molar-refractivity contribution >= 4 is 17.4 Å². The number of rotatable bonds is 5. The van der Waals surface area contributed by atoms with Crippen LogP contribution in [0.25, 0.3) is 5.78 Å². The second-order valence-electron chi connectivity index (χ2n) is 6.53. The maximum Gasteiger partial charge on any atom is 0.309 e. The lowest BCUT2D eigenvalue weighted by Gasteiger charge is -2.25. The van der Waals surface area contributed by atoms with Crippen molar-refractivity contribution in [3.63, 3.8) is 0 Å². The third-order valence-corrected chi connectivity index (χ3v) is 4.31. The summed E-state index contributed by atoms with van der Waals surface area (Å²) in [7, 11) is 0. The Morgan fingerprint density at radius 2 is 1.68 bits per heavy atom. The summed E-state index contributed by atoms with van der Waals surface area (Å²) in [6, 6.07) is 21.5. The standard InChI is InChI=1S/C21H20N6O/c1-15-13-16(2)27-21(22-15)23-19(24-27)20(28)25-26(18-11-7-4-8-12-18)14-17-9-5-3-6-10-17/h3-13H,14H2,1-2H3,(H,25,28). The van der Waals surface area contributed by atoms with Gasteiger partial charge >= 0.3 is 5.91 Å². The van der Waals surface area contributed by atoms with Crippen LogP contribution in [0.1, 0.15) is 27.6 Å². The Morgan fingerprint density at radius 3 is 2.39 bits per heavy atom. The van der Waals surface area contributed by atoms with Crippen LogP contribution in [0, 0.1) is 13.8 Å². The number of hydrazine groups is 1. The highest BCUT2D eigenvalue weighted by molar-refractivity contribution is 5.91. The van der Waals surface area contributed by atoms with Gasteiger partial charge in [-0.15, -0.1) is 5.10 Å². The average molecular weight is 372 g/mol. The molecule has 0 saturated carbocycles. The van der Waals surface area contributed by atoms with Gasteiger partial charge in [0.1, 0.15) is 0 Å². The number of nitrogens with one attached hydrogen (secondary N) is 1. The van der Waals surface area contributed by atoms with Crippen molar-refractivity contribution in [2.24, 2.45) is 0 Å². The SMILES string of the molecule is Cc1cc(C)n2nc(C(=O)NN(Cc3ccccc3)c3ccccc3)nc2n1. The average Bonchev–Trinajstić information content (AvgIpc) is 3.13. The first kappa shape index (κ1) is 17.7. The molecule has 2 aromatic carbocycles. The van der Waals surface area contributed by atoms with Crippen molar-refractivity contribution in [1.82, 2.24) is 25.0 Å². The quantitative estimate of drug-likeness (QED) is 0.545. The molecule has 7 heteroatoms. The number of carbonyl (C=O) groups is 1. The van der Waals surface area contributed by atoms with E-state index in [0.29, 0.717) is 12.3 Å². The zero-order valence-corrected chi connectivity index (χ0v) is 15.7. The molecule has 0 aliphatic rings. The number of aryl methyl sites for hydroxylation is 2. The van der Waals surface area contributed by atoms with Crippen LogP contribution in [0.4, 0.5) is 5.69 Å². The van der Waals surface area contributed by atoms with Crippen molar-refractivity contribution in [1.29, 1.82) is 0 Å². The van der Waals surface area contributed by atoms with E-state index >= 15 is 0 Å². The van der Waals surface area contributed by atoms with Gasteiger partial charge in [0.2, 0.25) is 5.82 Å². The molecule has 0 spiro atoms. The molecule has 4 rings (SSSR count). The molecular formula is C21H20N6O. The molecule has 1 N–H and O–H groups in total. The maximum atomic E-state index is 12.9. The lowest BCUT2D eigenvalue weighted by molar-refractivity contribution is 0.0938. The van der Waals surface area contributed by atoms with Gasteiger partial charge in [0, 0.05) is 11.4 Å². The Labute approximate surface area is 162 Å². The van der Waals surface area contributed by atoms with Gasteiger partial charge in [0.05, 0.1) is 12.2 Å². The van der Waals surface area contributed by atoms with Gasteiger partial charge in [0.15, 0.2) is 0 Å². The lowest BCUT2D eigenvalue weighted by atomic mass is 10.2. The summed E-state index contributed by atoms with van der Waals surface area (Å²) in [6.07, 6.45) is 0. The summed E-state index contributed by atoms with van der Waals surface area (Å²) in [5.74, 6) is 0.106. The van der Waals surface area contributed by atoms with Gasteiger partial charge in [0.25, 0.3) is 5.78 Å². The summed E-state index contributed by atoms with van der Waals surface area (Å²) in [6.45, 7) is 4.31. The number of hydrogen-bond donors (Lipinski definition) is 1. The molecule has 0 bridgehead atoms. The number of aromatic nitrogens is 4. The summed E-state index contributed by atoms with van der Waals surface area (Å²) in [4.78, 5) is 21.5. The third kappa shape index (κ3) is 3.68. The van der Waals surface area contributed by atoms with E-state index < -0.39 is 0 Å². The van der Waals surface area contributed by atoms with E-state index in [1.54, 1.807) is 9.52 Å². The molecule has 2 aromatic heterocycles. The predicted octanol–water partition coefficient (Wildman–Crippen LogP) is 3.09. The van der Waals surface area contributed by atoms with Crippen LogP contribution >= 0.6 is 0 Å². The summed E-state index contributed by atoms with van der Waals surface area (Å²) >= 11 is 0. The van der Waals surface area contributed by atoms with E-state index in [1.165, 1.54) is 0 Å². The molecule has 1 amide bonds. The normalized spacial score (nSPS) is 10.8. The highest BCUT2D eigenvalue weighted by atomic mass is 16.2. The number of carbonyl (C=O) groups excluding carboxylic acids is 1. The highest BCUT2D eigenvalue weighted by Crippen LogP contribution is 2.15. The van der Waals surface area contributed by atoms with Crippen LogP contribution in [0.5, 0.6) is 0 Å². The minimum Gasteiger partial charge on any atom is -0.281 e. The van der Waals surface area contributed by atoms with E-state index in [2.05, 4.69) is 20.5 Å². The summed E-state index contributed by atoms with van der Waals surface area (Å²) < 4.78 is 1.58. The molecule has 2 heterocycles. The largest absolute Gasteiger partial charge is 0.309 e. The van der Waals surface area contributed by atoms with Gasteiger partial charge in [-0.1, -0.05) is 48.5 Å². The zero-order valence-electron chi connectivity index (χ0n) is 15.7. The molecule has 4 aromatic rings. The number of hydrogen-bond acceptors (Lipinski definition) is 5. The number of para-hydroxylation sites is 1. The van der Waals surface area contributed by atoms with E-state index in [1.807, 2.05) is 80.6 Å². The Bertz CT molecular complexity index is 1110. The fraction of sp³-hybridized carbons (Fsp3) is 0.143. The van der Waals surface area contributed by atoms with Crippen LogP contribution in [0.2, 0.25) is 0 Å². The van der Waals surface area contributed by atoms with E-state index in [-0.39, 0.29) is 11.7 Å². The molecule has 7 nitrogen and oxygen atoms in total. The van der Waals surface area contributed by atoms with Crippen molar-refractivity contribution in [2.75, 3.05) is 5.01 Å². The summed E-state index contributed by atoms with van der Waals surface area (Å²) in [5.41, 5.74) is 6.57. The van der Waals surface area contributed by atoms with Crippen molar-refractivity contribution < 1.29 is 4.79 Å². The minimum absolute atomic E-state index is 0.0789. The molecule has 0 aliphatic carbocycles. The Morgan fingerprint density at radius 1 is 1.00 bits per heavy atom. The zero-order chi connectivity index (χ0) is 19.5. The predicted molar refractivity (Wildman–Crippen MR) is 107 cm³/mol. The van der Waals surface area contributed by atoms with Crippen LogP contribution < -0.4 is 10.4 Å². The molecule has 0 unspecified atom stereocenters. The van der Waals surface area contributed by atoms with Gasteiger partial charge in [-0.2, -0.15) is 4.98 Å². The number of fused-ring (bicyclic) bond motifs is 1. The molecule has 140 valence electrons. The fourth-order valence-corrected chi connectivity index (χ4v) is 3.00. The number of benzene rings is 2. The molecule has 0 radical (unpaired) electrons. The van der Waals surface area contributed by atoms with E-state index in [4.69, 9.17) is 0 Å². The van der Waals surface area contributed by atoms with Gasteiger partial charge in [-0.25, -0.2) is 9.50 Å². The first-order valence-electron chi connectivity index (χ1n) is 8.99. The number of nitrogens with zero attached hydrogens (tertiary/aromatic N) is 5. The van der Waals surface area contributed by atoms with Crippen molar-refractivity contribution in [2.45, 2.75) is 20.4 Å². The smallest absolute Gasteiger partial charge is 0.281 e. The maximum absolute atomic E-state index is 12.9. The molecule has 0 fully saturated rings.